The van der Waals surface area contributed by atoms with Gasteiger partial charge in [-0.3, -0.25) is 9.69 Å². The molecular weight excluding hydrogens is 198 g/mol. The molecule has 0 aliphatic carbocycles. The van der Waals surface area contributed by atoms with Crippen molar-refractivity contribution in [2.24, 2.45) is 0 Å². The number of ether oxygens (including phenoxy) is 2. The number of carbonyl (C=O) groups is 2. The summed E-state index contributed by atoms with van der Waals surface area (Å²) in [5.41, 5.74) is -0.522. The van der Waals surface area contributed by atoms with Crippen molar-refractivity contribution in [2.75, 3.05) is 6.54 Å². The Morgan fingerprint density at radius 1 is 1.47 bits per heavy atom. The Hall–Kier alpha value is -1.26. The minimum absolute atomic E-state index is 0.368. The fourth-order valence-corrected chi connectivity index (χ4v) is 1.47. The van der Waals surface area contributed by atoms with Crippen molar-refractivity contribution in [3.63, 3.8) is 0 Å². The summed E-state index contributed by atoms with van der Waals surface area (Å²) in [5, 5.41) is 0. The maximum absolute atomic E-state index is 11.7. The van der Waals surface area contributed by atoms with Gasteiger partial charge in [-0.15, -0.1) is 0 Å². The van der Waals surface area contributed by atoms with Crippen LogP contribution < -0.4 is 0 Å². The zero-order chi connectivity index (χ0) is 11.5. The van der Waals surface area contributed by atoms with Crippen LogP contribution in [0.15, 0.2) is 0 Å². The van der Waals surface area contributed by atoms with Crippen LogP contribution >= 0.6 is 0 Å². The Morgan fingerprint density at radius 3 is 2.67 bits per heavy atom. The zero-order valence-corrected chi connectivity index (χ0v) is 9.36. The lowest BCUT2D eigenvalue weighted by atomic mass is 10.2. The van der Waals surface area contributed by atoms with Crippen LogP contribution in [0.5, 0.6) is 0 Å². The van der Waals surface area contributed by atoms with E-state index in [1.54, 1.807) is 20.8 Å². The largest absolute Gasteiger partial charge is 0.444 e. The van der Waals surface area contributed by atoms with Crippen molar-refractivity contribution >= 4 is 12.6 Å². The molecule has 1 amide bonds. The number of hydrogen-bond donors (Lipinski definition) is 0. The van der Waals surface area contributed by atoms with Crippen molar-refractivity contribution in [2.45, 2.75) is 45.4 Å². The third-order valence-corrected chi connectivity index (χ3v) is 2.04. The van der Waals surface area contributed by atoms with Gasteiger partial charge in [0.25, 0.3) is 6.47 Å². The topological polar surface area (TPSA) is 55.8 Å². The number of nitrogens with zero attached hydrogens (tertiary/aromatic N) is 1. The molecule has 5 nitrogen and oxygen atoms in total. The minimum Gasteiger partial charge on any atom is -0.444 e. The van der Waals surface area contributed by atoms with Gasteiger partial charge in [0.15, 0.2) is 6.23 Å². The standard InChI is InChI=1S/C10H17NO4/c1-10(2,3)15-9(13)11-6-4-5-8(11)14-7-12/h7-8H,4-6H2,1-3H3/t8-/m1/s1. The third kappa shape index (κ3) is 3.42. The Balaban J connectivity index is 2.54. The molecule has 1 fully saturated rings. The molecule has 0 radical (unpaired) electrons. The maximum Gasteiger partial charge on any atom is 0.413 e. The van der Waals surface area contributed by atoms with Crippen LogP contribution in [0.2, 0.25) is 0 Å². The molecule has 1 heterocycles. The molecule has 1 saturated heterocycles. The molecule has 15 heavy (non-hydrogen) atoms. The molecule has 0 saturated carbocycles. The molecule has 0 spiro atoms. The monoisotopic (exact) mass is 215 g/mol. The van der Waals surface area contributed by atoms with Crippen LogP contribution in [-0.4, -0.2) is 35.8 Å². The minimum atomic E-state index is -0.522. The van der Waals surface area contributed by atoms with Crippen LogP contribution in [0, 0.1) is 0 Å². The summed E-state index contributed by atoms with van der Waals surface area (Å²) in [4.78, 5) is 23.3. The van der Waals surface area contributed by atoms with E-state index in [1.807, 2.05) is 0 Å². The predicted molar refractivity (Wildman–Crippen MR) is 53.1 cm³/mol. The summed E-state index contributed by atoms with van der Waals surface area (Å²) in [6, 6.07) is 0. The highest BCUT2D eigenvalue weighted by Gasteiger charge is 2.33. The Labute approximate surface area is 89.3 Å². The molecule has 0 aromatic heterocycles. The fourth-order valence-electron chi connectivity index (χ4n) is 1.47. The zero-order valence-electron chi connectivity index (χ0n) is 9.36. The summed E-state index contributed by atoms with van der Waals surface area (Å²) >= 11 is 0. The number of hydrogen-bond acceptors (Lipinski definition) is 4. The smallest absolute Gasteiger partial charge is 0.413 e. The number of carbonyl (C=O) groups excluding carboxylic acids is 2. The van der Waals surface area contributed by atoms with E-state index in [-0.39, 0.29) is 0 Å². The second kappa shape index (κ2) is 4.51. The first-order valence-corrected chi connectivity index (χ1v) is 5.03. The van der Waals surface area contributed by atoms with Crippen LogP contribution in [0.4, 0.5) is 4.79 Å². The fraction of sp³-hybridized carbons (Fsp3) is 0.800. The Morgan fingerprint density at radius 2 is 2.13 bits per heavy atom. The molecule has 1 atom stereocenters. The molecule has 0 N–H and O–H groups in total. The number of amides is 1. The first-order valence-electron chi connectivity index (χ1n) is 5.03. The SMILES string of the molecule is CC(C)(C)OC(=O)N1CCC[C@H]1OC=O. The molecule has 1 rings (SSSR count). The summed E-state index contributed by atoms with van der Waals surface area (Å²) in [5.74, 6) is 0. The Kier molecular flexibility index (Phi) is 3.55. The lowest BCUT2D eigenvalue weighted by Gasteiger charge is -2.27. The molecule has 0 aromatic carbocycles. The highest BCUT2D eigenvalue weighted by atomic mass is 16.6. The van der Waals surface area contributed by atoms with Gasteiger partial charge in [-0.1, -0.05) is 0 Å². The second-order valence-electron chi connectivity index (χ2n) is 4.50. The van der Waals surface area contributed by atoms with Gasteiger partial charge in [0.2, 0.25) is 0 Å². The molecule has 0 unspecified atom stereocenters. The molecule has 5 heteroatoms. The second-order valence-corrected chi connectivity index (χ2v) is 4.50. The van der Waals surface area contributed by atoms with Gasteiger partial charge < -0.3 is 9.47 Å². The van der Waals surface area contributed by atoms with Gasteiger partial charge in [0.1, 0.15) is 5.60 Å². The van der Waals surface area contributed by atoms with E-state index in [1.165, 1.54) is 4.90 Å². The van der Waals surface area contributed by atoms with E-state index in [4.69, 9.17) is 9.47 Å². The van der Waals surface area contributed by atoms with Gasteiger partial charge in [-0.25, -0.2) is 4.79 Å². The summed E-state index contributed by atoms with van der Waals surface area (Å²) in [7, 11) is 0. The average molecular weight is 215 g/mol. The lowest BCUT2D eigenvalue weighted by Crippen LogP contribution is -2.40. The highest BCUT2D eigenvalue weighted by Crippen LogP contribution is 2.20. The van der Waals surface area contributed by atoms with Gasteiger partial charge in [-0.05, 0) is 27.2 Å². The number of likely N-dealkylation sites (tertiary alicyclic amines) is 1. The molecule has 86 valence electrons. The summed E-state index contributed by atoms with van der Waals surface area (Å²) in [6.07, 6.45) is 0.625. The van der Waals surface area contributed by atoms with Gasteiger partial charge in [0, 0.05) is 13.0 Å². The first kappa shape index (κ1) is 11.8. The Bertz CT molecular complexity index is 246. The lowest BCUT2D eigenvalue weighted by molar-refractivity contribution is -0.139. The van der Waals surface area contributed by atoms with Crippen molar-refractivity contribution in [3.8, 4) is 0 Å². The first-order chi connectivity index (χ1) is 6.94. The molecule has 0 bridgehead atoms. The maximum atomic E-state index is 11.7. The normalized spacial score (nSPS) is 21.3. The molecule has 0 aromatic rings. The van der Waals surface area contributed by atoms with Crippen molar-refractivity contribution in [3.05, 3.63) is 0 Å². The van der Waals surface area contributed by atoms with Crippen LogP contribution in [0.1, 0.15) is 33.6 Å². The van der Waals surface area contributed by atoms with E-state index in [9.17, 15) is 9.59 Å². The molecule has 1 aliphatic heterocycles. The van der Waals surface area contributed by atoms with E-state index >= 15 is 0 Å². The van der Waals surface area contributed by atoms with Crippen molar-refractivity contribution in [1.29, 1.82) is 0 Å². The van der Waals surface area contributed by atoms with E-state index in [0.29, 0.717) is 19.4 Å². The van der Waals surface area contributed by atoms with Crippen molar-refractivity contribution in [1.82, 2.24) is 4.90 Å². The quantitative estimate of drug-likeness (QED) is 0.655. The van der Waals surface area contributed by atoms with Crippen molar-refractivity contribution < 1.29 is 19.1 Å². The summed E-state index contributed by atoms with van der Waals surface area (Å²) in [6.45, 7) is 6.35. The average Bonchev–Trinajstić information content (AvgIpc) is 2.49. The third-order valence-electron chi connectivity index (χ3n) is 2.04. The van der Waals surface area contributed by atoms with Crippen LogP contribution in [-0.2, 0) is 14.3 Å². The predicted octanol–water partition coefficient (Wildman–Crippen LogP) is 1.52. The van der Waals surface area contributed by atoms with Crippen LogP contribution in [0.25, 0.3) is 0 Å². The van der Waals surface area contributed by atoms with Gasteiger partial charge >= 0.3 is 6.09 Å². The van der Waals surface area contributed by atoms with Crippen LogP contribution in [0.3, 0.4) is 0 Å². The van der Waals surface area contributed by atoms with E-state index in [2.05, 4.69) is 0 Å². The summed E-state index contributed by atoms with van der Waals surface area (Å²) < 4.78 is 9.98. The number of rotatable bonds is 2. The van der Waals surface area contributed by atoms with E-state index < -0.39 is 17.9 Å². The highest BCUT2D eigenvalue weighted by molar-refractivity contribution is 5.68. The molecule has 1 aliphatic rings. The van der Waals surface area contributed by atoms with Gasteiger partial charge in [0.05, 0.1) is 0 Å². The van der Waals surface area contributed by atoms with E-state index in [0.717, 1.165) is 6.42 Å². The molecular formula is C10H17NO4. The van der Waals surface area contributed by atoms with Gasteiger partial charge in [-0.2, -0.15) is 0 Å².